The molecule has 5 aromatic rings. The Morgan fingerprint density at radius 3 is 2.33 bits per heavy atom. The minimum atomic E-state index is -0.339. The Morgan fingerprint density at radius 1 is 0.889 bits per heavy atom. The molecule has 0 aliphatic rings. The smallest absolute Gasteiger partial charge is 0.338 e. The third-order valence-electron chi connectivity index (χ3n) is 5.37. The highest BCUT2D eigenvalue weighted by molar-refractivity contribution is 6.34. The molecule has 9 heteroatoms. The number of fused-ring (bicyclic) bond motifs is 1. The third-order valence-corrected chi connectivity index (χ3v) is 5.80. The predicted molar refractivity (Wildman–Crippen MR) is 142 cm³/mol. The number of imidazole rings is 1. The van der Waals surface area contributed by atoms with Crippen molar-refractivity contribution in [1.82, 2.24) is 14.1 Å². The van der Waals surface area contributed by atoms with E-state index in [1.54, 1.807) is 94.3 Å². The minimum absolute atomic E-state index is 0.291. The topological polar surface area (TPSA) is 78.2 Å². The second kappa shape index (κ2) is 9.73. The van der Waals surface area contributed by atoms with Crippen molar-refractivity contribution in [3.05, 3.63) is 118 Å². The van der Waals surface area contributed by atoms with Gasteiger partial charge in [-0.3, -0.25) is 18.9 Å². The number of hydrogen-bond acceptors (Lipinski definition) is 4. The summed E-state index contributed by atoms with van der Waals surface area (Å²) in [7, 11) is 0. The Bertz CT molecular complexity index is 1650. The average molecular weight is 517 g/mol. The molecule has 0 radical (unpaired) electrons. The lowest BCUT2D eigenvalue weighted by Crippen LogP contribution is -2.22. The van der Waals surface area contributed by atoms with E-state index in [0.29, 0.717) is 49.6 Å². The zero-order valence-electron chi connectivity index (χ0n) is 18.7. The van der Waals surface area contributed by atoms with E-state index >= 15 is 0 Å². The summed E-state index contributed by atoms with van der Waals surface area (Å²) >= 11 is 12.1. The number of ether oxygens (including phenoxy) is 1. The van der Waals surface area contributed by atoms with E-state index in [9.17, 15) is 9.59 Å². The van der Waals surface area contributed by atoms with Gasteiger partial charge in [0.1, 0.15) is 11.5 Å². The zero-order valence-corrected chi connectivity index (χ0v) is 20.2. The number of hydrogen-bond donors (Lipinski definition) is 1. The standard InChI is InChI=1S/C27H18Cl2N4O3/c1-2-26(34)31-19-4-3-5-21(15-19)33-24-10-11-30-16-25(24)32(27(33)35)20-6-8-22(9-7-20)36-23-13-17(28)12-18(29)14-23/h2-16H,1H2,(H,31,34). The first-order chi connectivity index (χ1) is 17.4. The molecular weight excluding hydrogens is 499 g/mol. The van der Waals surface area contributed by atoms with E-state index in [1.165, 1.54) is 6.08 Å². The molecule has 0 saturated heterocycles. The number of benzene rings is 3. The van der Waals surface area contributed by atoms with Crippen LogP contribution in [0.15, 0.2) is 103 Å². The first-order valence-electron chi connectivity index (χ1n) is 10.8. The molecule has 0 aliphatic heterocycles. The quantitative estimate of drug-likeness (QED) is 0.265. The van der Waals surface area contributed by atoms with Crippen LogP contribution < -0.4 is 15.7 Å². The molecule has 0 bridgehead atoms. The molecule has 1 N–H and O–H groups in total. The zero-order chi connectivity index (χ0) is 25.2. The lowest BCUT2D eigenvalue weighted by molar-refractivity contribution is -0.111. The molecule has 178 valence electrons. The van der Waals surface area contributed by atoms with Crippen LogP contribution in [0, 0.1) is 0 Å². The van der Waals surface area contributed by atoms with Crippen LogP contribution in [0.5, 0.6) is 11.5 Å². The van der Waals surface area contributed by atoms with Crippen molar-refractivity contribution >= 4 is 45.8 Å². The molecule has 0 atom stereocenters. The fraction of sp³-hybridized carbons (Fsp3) is 0. The monoisotopic (exact) mass is 516 g/mol. The van der Waals surface area contributed by atoms with Crippen molar-refractivity contribution in [2.45, 2.75) is 0 Å². The summed E-state index contributed by atoms with van der Waals surface area (Å²) < 4.78 is 9.00. The van der Waals surface area contributed by atoms with Gasteiger partial charge < -0.3 is 10.1 Å². The number of nitrogens with zero attached hydrogens (tertiary/aromatic N) is 3. The average Bonchev–Trinajstić information content (AvgIpc) is 3.15. The van der Waals surface area contributed by atoms with Crippen LogP contribution in [0.1, 0.15) is 0 Å². The minimum Gasteiger partial charge on any atom is -0.457 e. The first-order valence-corrected chi connectivity index (χ1v) is 11.5. The molecule has 0 saturated carbocycles. The molecule has 0 aliphatic carbocycles. The third kappa shape index (κ3) is 4.62. The summed E-state index contributed by atoms with van der Waals surface area (Å²) in [5.74, 6) is 0.716. The number of carbonyl (C=O) groups excluding carboxylic acids is 1. The van der Waals surface area contributed by atoms with Crippen LogP contribution in [0.4, 0.5) is 5.69 Å². The number of anilines is 1. The second-order valence-corrected chi connectivity index (χ2v) is 8.64. The number of aromatic nitrogens is 3. The Labute approximate surface area is 215 Å². The summed E-state index contributed by atoms with van der Waals surface area (Å²) in [6, 6.07) is 20.8. The number of carbonyl (C=O) groups is 1. The summed E-state index contributed by atoms with van der Waals surface area (Å²) in [6.07, 6.45) is 4.44. The molecule has 3 aromatic carbocycles. The molecular formula is C27H18Cl2N4O3. The van der Waals surface area contributed by atoms with E-state index in [-0.39, 0.29) is 11.6 Å². The molecule has 2 aromatic heterocycles. The van der Waals surface area contributed by atoms with Crippen molar-refractivity contribution in [2.75, 3.05) is 5.32 Å². The maximum absolute atomic E-state index is 13.7. The van der Waals surface area contributed by atoms with Gasteiger partial charge in [0.25, 0.3) is 0 Å². The van der Waals surface area contributed by atoms with Gasteiger partial charge in [0, 0.05) is 21.9 Å². The largest absolute Gasteiger partial charge is 0.457 e. The van der Waals surface area contributed by atoms with Crippen molar-refractivity contribution in [3.63, 3.8) is 0 Å². The van der Waals surface area contributed by atoms with E-state index in [4.69, 9.17) is 27.9 Å². The Morgan fingerprint density at radius 2 is 1.61 bits per heavy atom. The van der Waals surface area contributed by atoms with Gasteiger partial charge in [-0.25, -0.2) is 4.79 Å². The molecule has 0 fully saturated rings. The fourth-order valence-corrected chi connectivity index (χ4v) is 4.35. The first kappa shape index (κ1) is 23.4. The van der Waals surface area contributed by atoms with Crippen LogP contribution in [0.3, 0.4) is 0 Å². The van der Waals surface area contributed by atoms with Gasteiger partial charge in [-0.2, -0.15) is 0 Å². The van der Waals surface area contributed by atoms with Crippen molar-refractivity contribution in [2.24, 2.45) is 0 Å². The highest BCUT2D eigenvalue weighted by Gasteiger charge is 2.17. The number of halogens is 2. The van der Waals surface area contributed by atoms with Crippen LogP contribution in [-0.4, -0.2) is 20.0 Å². The summed E-state index contributed by atoms with van der Waals surface area (Å²) in [4.78, 5) is 29.6. The maximum atomic E-state index is 13.7. The second-order valence-electron chi connectivity index (χ2n) is 7.76. The van der Waals surface area contributed by atoms with Crippen LogP contribution in [-0.2, 0) is 4.79 Å². The summed E-state index contributed by atoms with van der Waals surface area (Å²) in [6.45, 7) is 3.47. The van der Waals surface area contributed by atoms with Crippen LogP contribution in [0.2, 0.25) is 10.0 Å². The van der Waals surface area contributed by atoms with Gasteiger partial charge in [-0.1, -0.05) is 35.8 Å². The van der Waals surface area contributed by atoms with Crippen LogP contribution >= 0.6 is 23.2 Å². The number of amides is 1. The maximum Gasteiger partial charge on any atom is 0.338 e. The van der Waals surface area contributed by atoms with Gasteiger partial charge in [-0.15, -0.1) is 0 Å². The SMILES string of the molecule is C=CC(=O)Nc1cccc(-n2c(=O)n(-c3ccc(Oc4cc(Cl)cc(Cl)c4)cc3)c3cnccc32)c1. The van der Waals surface area contributed by atoms with Gasteiger partial charge in [-0.05, 0) is 72.8 Å². The molecule has 0 spiro atoms. The molecule has 36 heavy (non-hydrogen) atoms. The van der Waals surface area contributed by atoms with Crippen molar-refractivity contribution in [3.8, 4) is 22.9 Å². The van der Waals surface area contributed by atoms with Crippen LogP contribution in [0.25, 0.3) is 22.4 Å². The van der Waals surface area contributed by atoms with E-state index < -0.39 is 0 Å². The normalized spacial score (nSPS) is 10.8. The molecule has 0 unspecified atom stereocenters. The van der Waals surface area contributed by atoms with E-state index in [0.717, 1.165) is 0 Å². The van der Waals surface area contributed by atoms with Crippen molar-refractivity contribution in [1.29, 1.82) is 0 Å². The summed E-state index contributed by atoms with van der Waals surface area (Å²) in [5.41, 5.74) is 2.76. The number of rotatable bonds is 6. The van der Waals surface area contributed by atoms with Gasteiger partial charge in [0.15, 0.2) is 0 Å². The Kier molecular flexibility index (Phi) is 6.33. The van der Waals surface area contributed by atoms with Gasteiger partial charge >= 0.3 is 5.69 Å². The molecule has 5 rings (SSSR count). The lowest BCUT2D eigenvalue weighted by Gasteiger charge is -2.09. The number of pyridine rings is 1. The van der Waals surface area contributed by atoms with Gasteiger partial charge in [0.2, 0.25) is 5.91 Å². The Hall–Kier alpha value is -4.33. The lowest BCUT2D eigenvalue weighted by atomic mass is 10.2. The highest BCUT2D eigenvalue weighted by Crippen LogP contribution is 2.29. The molecule has 2 heterocycles. The predicted octanol–water partition coefficient (Wildman–Crippen LogP) is 6.40. The van der Waals surface area contributed by atoms with Crippen molar-refractivity contribution < 1.29 is 9.53 Å². The van der Waals surface area contributed by atoms with Gasteiger partial charge in [0.05, 0.1) is 28.6 Å². The Balaban J connectivity index is 1.55. The molecule has 7 nitrogen and oxygen atoms in total. The highest BCUT2D eigenvalue weighted by atomic mass is 35.5. The van der Waals surface area contributed by atoms with E-state index in [2.05, 4.69) is 16.9 Å². The molecule has 1 amide bonds. The summed E-state index contributed by atoms with van der Waals surface area (Å²) in [5, 5.41) is 3.65. The fourth-order valence-electron chi connectivity index (χ4n) is 3.85. The van der Waals surface area contributed by atoms with E-state index in [1.807, 2.05) is 0 Å². The number of nitrogens with one attached hydrogen (secondary N) is 1.